The number of anilines is 1. The van der Waals surface area contributed by atoms with E-state index in [1.54, 1.807) is 26.0 Å². The summed E-state index contributed by atoms with van der Waals surface area (Å²) in [5.74, 6) is 0.156. The number of benzene rings is 1. The Balaban J connectivity index is 2.22. The Hall–Kier alpha value is -3.11. The summed E-state index contributed by atoms with van der Waals surface area (Å²) in [4.78, 5) is 27.5. The predicted octanol–water partition coefficient (Wildman–Crippen LogP) is 1.98. The van der Waals surface area contributed by atoms with E-state index in [1.807, 2.05) is 48.7 Å². The number of amides is 2. The maximum Gasteiger partial charge on any atom is 0.239 e. The summed E-state index contributed by atoms with van der Waals surface area (Å²) >= 11 is 0. The highest BCUT2D eigenvalue weighted by Crippen LogP contribution is 2.27. The topological polar surface area (TPSA) is 81.4 Å². The third-order valence-electron chi connectivity index (χ3n) is 4.70. The highest BCUT2D eigenvalue weighted by molar-refractivity contribution is 5.93. The van der Waals surface area contributed by atoms with Gasteiger partial charge in [0.05, 0.1) is 18.7 Å². The summed E-state index contributed by atoms with van der Waals surface area (Å²) in [6.45, 7) is 4.58. The molecule has 0 radical (unpaired) electrons. The lowest BCUT2D eigenvalue weighted by atomic mass is 10.2. The maximum absolute atomic E-state index is 12.6. The van der Waals surface area contributed by atoms with Crippen molar-refractivity contribution >= 4 is 17.6 Å². The molecule has 0 fully saturated rings. The van der Waals surface area contributed by atoms with Gasteiger partial charge in [0, 0.05) is 26.3 Å². The van der Waals surface area contributed by atoms with Gasteiger partial charge in [0.25, 0.3) is 0 Å². The molecular formula is C21H27N5O2. The molecule has 0 atom stereocenters. The molecule has 1 aromatic heterocycles. The van der Waals surface area contributed by atoms with E-state index < -0.39 is 0 Å². The smallest absolute Gasteiger partial charge is 0.239 e. The summed E-state index contributed by atoms with van der Waals surface area (Å²) in [6.07, 6.45) is 0. The predicted molar refractivity (Wildman–Crippen MR) is 109 cm³/mol. The quantitative estimate of drug-likeness (QED) is 0.795. The van der Waals surface area contributed by atoms with E-state index in [-0.39, 0.29) is 24.9 Å². The molecule has 0 aliphatic heterocycles. The van der Waals surface area contributed by atoms with Crippen LogP contribution in [0.1, 0.15) is 22.4 Å². The van der Waals surface area contributed by atoms with Gasteiger partial charge >= 0.3 is 0 Å². The summed E-state index contributed by atoms with van der Waals surface area (Å²) in [7, 11) is 5.07. The fourth-order valence-electron chi connectivity index (χ4n) is 2.94. The van der Waals surface area contributed by atoms with Gasteiger partial charge in [-0.2, -0.15) is 5.26 Å². The molecule has 0 aliphatic carbocycles. The average Bonchev–Trinajstić information content (AvgIpc) is 2.86. The third-order valence-corrected chi connectivity index (χ3v) is 4.70. The minimum atomic E-state index is -0.266. The maximum atomic E-state index is 12.6. The van der Waals surface area contributed by atoms with Crippen LogP contribution in [0.4, 0.5) is 5.82 Å². The number of likely N-dealkylation sites (N-methyl/N-ethyl adjacent to an activating group) is 2. The molecule has 2 rings (SSSR count). The Labute approximate surface area is 166 Å². The number of nitriles is 1. The molecule has 0 saturated heterocycles. The number of rotatable bonds is 7. The molecular weight excluding hydrogens is 354 g/mol. The molecule has 1 aromatic carbocycles. The number of hydrogen-bond acceptors (Lipinski definition) is 4. The van der Waals surface area contributed by atoms with Gasteiger partial charge in [0.1, 0.15) is 11.9 Å². The second-order valence-corrected chi connectivity index (χ2v) is 7.13. The Kier molecular flexibility index (Phi) is 6.96. The molecule has 0 spiro atoms. The average molecular weight is 381 g/mol. The lowest BCUT2D eigenvalue weighted by Crippen LogP contribution is -2.38. The Morgan fingerprint density at radius 1 is 1.11 bits per heavy atom. The van der Waals surface area contributed by atoms with Crippen LogP contribution in [0.15, 0.2) is 30.3 Å². The van der Waals surface area contributed by atoms with E-state index in [0.29, 0.717) is 17.9 Å². The van der Waals surface area contributed by atoms with Gasteiger partial charge in [0.15, 0.2) is 0 Å². The Morgan fingerprint density at radius 2 is 1.75 bits per heavy atom. The first kappa shape index (κ1) is 21.2. The number of carbonyl (C=O) groups is 2. The van der Waals surface area contributed by atoms with Crippen LogP contribution in [0.25, 0.3) is 0 Å². The van der Waals surface area contributed by atoms with E-state index >= 15 is 0 Å². The molecule has 2 aromatic rings. The van der Waals surface area contributed by atoms with Gasteiger partial charge in [-0.3, -0.25) is 14.5 Å². The van der Waals surface area contributed by atoms with Crippen molar-refractivity contribution in [2.45, 2.75) is 20.4 Å². The van der Waals surface area contributed by atoms with E-state index in [2.05, 4.69) is 11.4 Å². The second kappa shape index (κ2) is 9.20. The van der Waals surface area contributed by atoms with Crippen molar-refractivity contribution in [3.63, 3.8) is 0 Å². The van der Waals surface area contributed by atoms with Gasteiger partial charge in [0.2, 0.25) is 11.8 Å². The van der Waals surface area contributed by atoms with Crippen molar-refractivity contribution in [2.75, 3.05) is 39.5 Å². The highest BCUT2D eigenvalue weighted by Gasteiger charge is 2.20. The van der Waals surface area contributed by atoms with Crippen molar-refractivity contribution < 1.29 is 9.59 Å². The van der Waals surface area contributed by atoms with Crippen LogP contribution in [0.5, 0.6) is 0 Å². The van der Waals surface area contributed by atoms with Crippen molar-refractivity contribution in [2.24, 2.45) is 0 Å². The zero-order valence-corrected chi connectivity index (χ0v) is 17.1. The van der Waals surface area contributed by atoms with Crippen LogP contribution in [-0.2, 0) is 16.1 Å². The first-order valence-electron chi connectivity index (χ1n) is 9.06. The summed E-state index contributed by atoms with van der Waals surface area (Å²) in [5, 5.41) is 12.5. The normalized spacial score (nSPS) is 10.6. The third kappa shape index (κ3) is 4.99. The van der Waals surface area contributed by atoms with Crippen molar-refractivity contribution in [1.82, 2.24) is 14.4 Å². The zero-order chi connectivity index (χ0) is 20.8. The standard InChI is InChI=1S/C21H27N5O2/c1-15-16(2)26(12-17-9-7-6-8-10-17)21(18(15)11-22)23-19(27)13-25(5)14-20(28)24(3)4/h6-10H,12-14H2,1-5H3,(H,23,27). The van der Waals surface area contributed by atoms with Crippen LogP contribution >= 0.6 is 0 Å². The number of aromatic nitrogens is 1. The molecule has 0 saturated carbocycles. The van der Waals surface area contributed by atoms with Crippen molar-refractivity contribution in [3.8, 4) is 6.07 Å². The molecule has 0 bridgehead atoms. The molecule has 1 N–H and O–H groups in total. The van der Waals surface area contributed by atoms with Crippen LogP contribution < -0.4 is 5.32 Å². The van der Waals surface area contributed by atoms with Gasteiger partial charge in [-0.05, 0) is 32.0 Å². The second-order valence-electron chi connectivity index (χ2n) is 7.13. The van der Waals surface area contributed by atoms with Crippen LogP contribution in [0.2, 0.25) is 0 Å². The number of hydrogen-bond donors (Lipinski definition) is 1. The SMILES string of the molecule is Cc1c(C#N)c(NC(=O)CN(C)CC(=O)N(C)C)n(Cc2ccccc2)c1C. The number of nitrogens with zero attached hydrogens (tertiary/aromatic N) is 4. The van der Waals surface area contributed by atoms with Crippen molar-refractivity contribution in [3.05, 3.63) is 52.7 Å². The van der Waals surface area contributed by atoms with E-state index in [4.69, 9.17) is 0 Å². The van der Waals surface area contributed by atoms with E-state index in [1.165, 1.54) is 4.90 Å². The van der Waals surface area contributed by atoms with Gasteiger partial charge in [-0.15, -0.1) is 0 Å². The largest absolute Gasteiger partial charge is 0.348 e. The monoisotopic (exact) mass is 381 g/mol. The lowest BCUT2D eigenvalue weighted by Gasteiger charge is -2.19. The highest BCUT2D eigenvalue weighted by atomic mass is 16.2. The molecule has 28 heavy (non-hydrogen) atoms. The first-order chi connectivity index (χ1) is 13.2. The number of nitrogens with one attached hydrogen (secondary N) is 1. The summed E-state index contributed by atoms with van der Waals surface area (Å²) in [6, 6.07) is 12.1. The van der Waals surface area contributed by atoms with Crippen molar-refractivity contribution in [1.29, 1.82) is 5.26 Å². The molecule has 148 valence electrons. The Morgan fingerprint density at radius 3 is 2.32 bits per heavy atom. The van der Waals surface area contributed by atoms with Gasteiger partial charge < -0.3 is 14.8 Å². The van der Waals surface area contributed by atoms with Crippen LogP contribution in [0.3, 0.4) is 0 Å². The molecule has 7 nitrogen and oxygen atoms in total. The molecule has 2 amide bonds. The molecule has 0 unspecified atom stereocenters. The molecule has 7 heteroatoms. The number of carbonyl (C=O) groups excluding carboxylic acids is 2. The van der Waals surface area contributed by atoms with Gasteiger partial charge in [-0.25, -0.2) is 0 Å². The van der Waals surface area contributed by atoms with Crippen LogP contribution in [0, 0.1) is 25.2 Å². The minimum absolute atomic E-state index is 0.0546. The van der Waals surface area contributed by atoms with E-state index in [0.717, 1.165) is 16.8 Å². The fourth-order valence-corrected chi connectivity index (χ4v) is 2.94. The summed E-state index contributed by atoms with van der Waals surface area (Å²) in [5.41, 5.74) is 3.33. The fraction of sp³-hybridized carbons (Fsp3) is 0.381. The van der Waals surface area contributed by atoms with Crippen LogP contribution in [-0.4, -0.2) is 60.4 Å². The minimum Gasteiger partial charge on any atom is -0.348 e. The Bertz CT molecular complexity index is 894. The molecule has 0 aliphatic rings. The first-order valence-corrected chi connectivity index (χ1v) is 9.06. The van der Waals surface area contributed by atoms with E-state index in [9.17, 15) is 14.9 Å². The molecule has 1 heterocycles. The zero-order valence-electron chi connectivity index (χ0n) is 17.1. The summed E-state index contributed by atoms with van der Waals surface area (Å²) < 4.78 is 1.95. The van der Waals surface area contributed by atoms with Gasteiger partial charge in [-0.1, -0.05) is 30.3 Å². The lowest BCUT2D eigenvalue weighted by molar-refractivity contribution is -0.130.